The number of hydrogen-bond donors (Lipinski definition) is 2. The third-order valence-electron chi connectivity index (χ3n) is 3.95. The highest BCUT2D eigenvalue weighted by atomic mass is 32.2. The minimum atomic E-state index is -4.01. The third-order valence-corrected chi connectivity index (χ3v) is 6.47. The van der Waals surface area contributed by atoms with E-state index in [1.54, 1.807) is 6.92 Å². The average molecular weight is 353 g/mol. The van der Waals surface area contributed by atoms with Gasteiger partial charge in [0.2, 0.25) is 0 Å². The summed E-state index contributed by atoms with van der Waals surface area (Å²) in [5.41, 5.74) is 1.48. The highest BCUT2D eigenvalue weighted by Gasteiger charge is 2.52. The molecule has 0 aromatic heterocycles. The molecule has 0 saturated carbocycles. The van der Waals surface area contributed by atoms with Gasteiger partial charge < -0.3 is 9.47 Å². The van der Waals surface area contributed by atoms with Crippen molar-refractivity contribution in [1.82, 2.24) is 5.48 Å². The fraction of sp³-hybridized carbons (Fsp3) is 0.438. The van der Waals surface area contributed by atoms with E-state index in [2.05, 4.69) is 11.8 Å². The Morgan fingerprint density at radius 1 is 1.33 bits per heavy atom. The summed E-state index contributed by atoms with van der Waals surface area (Å²) in [5.74, 6) is 4.96. The molecule has 24 heavy (non-hydrogen) atoms. The number of benzene rings is 1. The molecule has 1 aliphatic heterocycles. The molecule has 1 heterocycles. The van der Waals surface area contributed by atoms with Crippen molar-refractivity contribution in [2.45, 2.75) is 29.4 Å². The van der Waals surface area contributed by atoms with Crippen LogP contribution in [0.1, 0.15) is 19.8 Å². The number of sulfone groups is 1. The zero-order valence-electron chi connectivity index (χ0n) is 13.2. The molecule has 0 spiro atoms. The van der Waals surface area contributed by atoms with Crippen LogP contribution in [-0.4, -0.2) is 44.1 Å². The van der Waals surface area contributed by atoms with Crippen molar-refractivity contribution in [1.29, 1.82) is 0 Å². The Morgan fingerprint density at radius 2 is 1.96 bits per heavy atom. The highest BCUT2D eigenvalue weighted by molar-refractivity contribution is 7.93. The van der Waals surface area contributed by atoms with Gasteiger partial charge in [0.25, 0.3) is 5.91 Å². The first-order valence-electron chi connectivity index (χ1n) is 7.37. The molecular weight excluding hydrogens is 334 g/mol. The summed E-state index contributed by atoms with van der Waals surface area (Å²) in [5, 5.41) is 8.99. The van der Waals surface area contributed by atoms with Crippen LogP contribution in [0, 0.1) is 11.8 Å². The zero-order chi connectivity index (χ0) is 17.6. The fourth-order valence-corrected chi connectivity index (χ4v) is 4.49. The van der Waals surface area contributed by atoms with Gasteiger partial charge in [-0.3, -0.25) is 10.0 Å². The van der Waals surface area contributed by atoms with Crippen molar-refractivity contribution >= 4 is 15.7 Å². The monoisotopic (exact) mass is 353 g/mol. The molecule has 0 unspecified atom stereocenters. The topological polar surface area (TPSA) is 102 Å². The Kier molecular flexibility index (Phi) is 5.83. The predicted octanol–water partition coefficient (Wildman–Crippen LogP) is 0.917. The molecule has 0 atom stereocenters. The van der Waals surface area contributed by atoms with Gasteiger partial charge in [-0.25, -0.2) is 13.9 Å². The summed E-state index contributed by atoms with van der Waals surface area (Å²) < 4.78 is 34.8. The van der Waals surface area contributed by atoms with Crippen LogP contribution in [0.3, 0.4) is 0 Å². The van der Waals surface area contributed by atoms with Crippen molar-refractivity contribution in [3.8, 4) is 17.6 Å². The van der Waals surface area contributed by atoms with Crippen LogP contribution in [0.25, 0.3) is 0 Å². The molecule has 8 heteroatoms. The highest BCUT2D eigenvalue weighted by Crippen LogP contribution is 2.35. The van der Waals surface area contributed by atoms with Crippen molar-refractivity contribution in [3.63, 3.8) is 0 Å². The first-order valence-corrected chi connectivity index (χ1v) is 8.85. The first kappa shape index (κ1) is 18.3. The molecular formula is C16H19NO6S. The van der Waals surface area contributed by atoms with E-state index < -0.39 is 20.5 Å². The number of carbonyl (C=O) groups excluding carboxylic acids is 1. The maximum absolute atomic E-state index is 13.0. The van der Waals surface area contributed by atoms with E-state index in [-0.39, 0.29) is 37.6 Å². The van der Waals surface area contributed by atoms with Crippen LogP contribution in [0.15, 0.2) is 29.2 Å². The molecule has 1 aromatic carbocycles. The Balaban J connectivity index is 2.32. The van der Waals surface area contributed by atoms with Crippen LogP contribution < -0.4 is 10.2 Å². The van der Waals surface area contributed by atoms with Crippen LogP contribution in [-0.2, 0) is 19.4 Å². The van der Waals surface area contributed by atoms with E-state index in [0.29, 0.717) is 5.75 Å². The van der Waals surface area contributed by atoms with Crippen LogP contribution >= 0.6 is 0 Å². The van der Waals surface area contributed by atoms with Crippen molar-refractivity contribution < 1.29 is 27.9 Å². The molecule has 1 aromatic rings. The number of carbonyl (C=O) groups is 1. The standard InChI is InChI=1S/C16H19NO6S/c1-2-3-10-23-13-4-6-14(7-5-13)24(20,21)16(15(18)17-19)8-11-22-12-9-16/h4-7,19H,8-12H2,1H3,(H,17,18). The summed E-state index contributed by atoms with van der Waals surface area (Å²) in [6.07, 6.45) is -0.0435. The maximum Gasteiger partial charge on any atom is 0.265 e. The van der Waals surface area contributed by atoms with Crippen LogP contribution in [0.5, 0.6) is 5.75 Å². The molecule has 1 aliphatic rings. The lowest BCUT2D eigenvalue weighted by Crippen LogP contribution is -2.54. The van der Waals surface area contributed by atoms with Gasteiger partial charge in [-0.15, -0.1) is 5.92 Å². The Hall–Kier alpha value is -2.08. The van der Waals surface area contributed by atoms with Gasteiger partial charge in [0.15, 0.2) is 14.6 Å². The van der Waals surface area contributed by atoms with Crippen molar-refractivity contribution in [3.05, 3.63) is 24.3 Å². The summed E-state index contributed by atoms with van der Waals surface area (Å²) in [6, 6.07) is 5.78. The number of rotatable bonds is 5. The summed E-state index contributed by atoms with van der Waals surface area (Å²) in [6.45, 7) is 2.16. The molecule has 2 N–H and O–H groups in total. The number of hydrogen-bond acceptors (Lipinski definition) is 6. The Labute approximate surface area is 140 Å². The number of ether oxygens (including phenoxy) is 2. The largest absolute Gasteiger partial charge is 0.481 e. The van der Waals surface area contributed by atoms with Gasteiger partial charge in [0.1, 0.15) is 12.4 Å². The Bertz CT molecular complexity index is 739. The molecule has 1 fully saturated rings. The molecule has 7 nitrogen and oxygen atoms in total. The van der Waals surface area contributed by atoms with E-state index >= 15 is 0 Å². The maximum atomic E-state index is 13.0. The van der Waals surface area contributed by atoms with Gasteiger partial charge >= 0.3 is 0 Å². The normalized spacial score (nSPS) is 16.6. The number of amides is 1. The zero-order valence-corrected chi connectivity index (χ0v) is 14.1. The van der Waals surface area contributed by atoms with Gasteiger partial charge in [-0.05, 0) is 44.0 Å². The predicted molar refractivity (Wildman–Crippen MR) is 85.3 cm³/mol. The van der Waals surface area contributed by atoms with E-state index in [1.165, 1.54) is 29.7 Å². The molecule has 0 aliphatic carbocycles. The second-order valence-corrected chi connectivity index (χ2v) is 7.50. The number of hydroxylamine groups is 1. The average Bonchev–Trinajstić information content (AvgIpc) is 2.62. The molecule has 1 amide bonds. The summed E-state index contributed by atoms with van der Waals surface area (Å²) in [7, 11) is -4.01. The lowest BCUT2D eigenvalue weighted by Gasteiger charge is -2.34. The van der Waals surface area contributed by atoms with Crippen LogP contribution in [0.4, 0.5) is 0 Å². The summed E-state index contributed by atoms with van der Waals surface area (Å²) >= 11 is 0. The van der Waals surface area contributed by atoms with Crippen molar-refractivity contribution in [2.24, 2.45) is 0 Å². The van der Waals surface area contributed by atoms with Crippen LogP contribution in [0.2, 0.25) is 0 Å². The lowest BCUT2D eigenvalue weighted by atomic mass is 9.98. The quantitative estimate of drug-likeness (QED) is 0.464. The molecule has 0 radical (unpaired) electrons. The third kappa shape index (κ3) is 3.38. The van der Waals surface area contributed by atoms with E-state index in [4.69, 9.17) is 14.7 Å². The Morgan fingerprint density at radius 3 is 2.50 bits per heavy atom. The minimum Gasteiger partial charge on any atom is -0.481 e. The van der Waals surface area contributed by atoms with E-state index in [9.17, 15) is 13.2 Å². The smallest absolute Gasteiger partial charge is 0.265 e. The molecule has 1 saturated heterocycles. The molecule has 2 rings (SSSR count). The lowest BCUT2D eigenvalue weighted by molar-refractivity contribution is -0.134. The first-order chi connectivity index (χ1) is 11.5. The van der Waals surface area contributed by atoms with Gasteiger partial charge in [0, 0.05) is 13.2 Å². The number of nitrogens with one attached hydrogen (secondary N) is 1. The van der Waals surface area contributed by atoms with Gasteiger partial charge in [-0.1, -0.05) is 5.92 Å². The van der Waals surface area contributed by atoms with E-state index in [0.717, 1.165) is 0 Å². The van der Waals surface area contributed by atoms with Crippen molar-refractivity contribution in [2.75, 3.05) is 19.8 Å². The molecule has 0 bridgehead atoms. The fourth-order valence-electron chi connectivity index (χ4n) is 2.55. The van der Waals surface area contributed by atoms with Gasteiger partial charge in [-0.2, -0.15) is 0 Å². The summed E-state index contributed by atoms with van der Waals surface area (Å²) in [4.78, 5) is 12.1. The second-order valence-electron chi connectivity index (χ2n) is 5.24. The molecule has 130 valence electrons. The minimum absolute atomic E-state index is 0.0121. The van der Waals surface area contributed by atoms with E-state index in [1.807, 2.05) is 0 Å². The second kappa shape index (κ2) is 7.66. The SMILES string of the molecule is CC#CCOc1ccc(S(=O)(=O)C2(C(=O)NO)CCOCC2)cc1. The van der Waals surface area contributed by atoms with Gasteiger partial charge in [0.05, 0.1) is 4.90 Å².